The molecule has 2 atom stereocenters. The molecule has 0 heterocycles. The number of aliphatic hydroxyl groups excluding tert-OH is 1. The standard InChI is InChI=1S/C13H16O4/c1-3-11(14)16-12(4-2)17-13(15)10-8-6-5-7-9-10/h3,5-9,12-13,15H,1,4H2,2H3. The van der Waals surface area contributed by atoms with Gasteiger partial charge in [0.1, 0.15) is 0 Å². The molecule has 0 aliphatic heterocycles. The number of esters is 1. The van der Waals surface area contributed by atoms with E-state index in [2.05, 4.69) is 6.58 Å². The van der Waals surface area contributed by atoms with Gasteiger partial charge >= 0.3 is 5.97 Å². The Bertz CT molecular complexity index is 361. The molecule has 0 saturated carbocycles. The molecule has 0 aliphatic rings. The lowest BCUT2D eigenvalue weighted by molar-refractivity contribution is -0.227. The molecule has 0 radical (unpaired) electrons. The normalized spacial score (nSPS) is 13.8. The van der Waals surface area contributed by atoms with Gasteiger partial charge in [0.25, 0.3) is 0 Å². The molecule has 0 amide bonds. The van der Waals surface area contributed by atoms with Gasteiger partial charge in [0.2, 0.25) is 6.29 Å². The first-order chi connectivity index (χ1) is 8.17. The monoisotopic (exact) mass is 236 g/mol. The van der Waals surface area contributed by atoms with Gasteiger partial charge in [-0.15, -0.1) is 0 Å². The minimum absolute atomic E-state index is 0.448. The molecular formula is C13H16O4. The second-order valence-electron chi connectivity index (χ2n) is 3.38. The molecule has 4 heteroatoms. The van der Waals surface area contributed by atoms with E-state index in [0.717, 1.165) is 6.08 Å². The Kier molecular flexibility index (Phi) is 5.39. The molecule has 1 N–H and O–H groups in total. The van der Waals surface area contributed by atoms with Crippen molar-refractivity contribution < 1.29 is 19.4 Å². The lowest BCUT2D eigenvalue weighted by Crippen LogP contribution is -2.22. The third-order valence-corrected chi connectivity index (χ3v) is 2.11. The van der Waals surface area contributed by atoms with E-state index in [4.69, 9.17) is 9.47 Å². The highest BCUT2D eigenvalue weighted by Crippen LogP contribution is 2.17. The first-order valence-corrected chi connectivity index (χ1v) is 5.39. The van der Waals surface area contributed by atoms with Crippen molar-refractivity contribution in [3.05, 3.63) is 48.6 Å². The fourth-order valence-corrected chi connectivity index (χ4v) is 1.23. The topological polar surface area (TPSA) is 55.8 Å². The molecule has 0 saturated heterocycles. The first kappa shape index (κ1) is 13.4. The van der Waals surface area contributed by atoms with Crippen LogP contribution in [0.4, 0.5) is 0 Å². The maximum absolute atomic E-state index is 11.0. The highest BCUT2D eigenvalue weighted by atomic mass is 16.7. The number of hydrogen-bond donors (Lipinski definition) is 1. The molecule has 2 unspecified atom stereocenters. The number of aliphatic hydroxyl groups is 1. The molecule has 4 nitrogen and oxygen atoms in total. The molecule has 0 aromatic heterocycles. The Morgan fingerprint density at radius 2 is 2.12 bits per heavy atom. The Labute approximate surface area is 100 Å². The number of benzene rings is 1. The van der Waals surface area contributed by atoms with Crippen LogP contribution in [0.5, 0.6) is 0 Å². The van der Waals surface area contributed by atoms with E-state index >= 15 is 0 Å². The lowest BCUT2D eigenvalue weighted by atomic mass is 10.2. The second-order valence-corrected chi connectivity index (χ2v) is 3.38. The van der Waals surface area contributed by atoms with Gasteiger partial charge in [-0.3, -0.25) is 0 Å². The number of hydrogen-bond acceptors (Lipinski definition) is 4. The molecule has 0 bridgehead atoms. The number of rotatable bonds is 6. The molecule has 92 valence electrons. The van der Waals surface area contributed by atoms with E-state index in [0.29, 0.717) is 12.0 Å². The largest absolute Gasteiger partial charge is 0.433 e. The smallest absolute Gasteiger partial charge is 0.332 e. The molecule has 0 aliphatic carbocycles. The number of carbonyl (C=O) groups excluding carboxylic acids is 1. The molecular weight excluding hydrogens is 220 g/mol. The quantitative estimate of drug-likeness (QED) is 0.467. The molecule has 1 aromatic carbocycles. The van der Waals surface area contributed by atoms with Crippen LogP contribution in [0.1, 0.15) is 25.2 Å². The van der Waals surface area contributed by atoms with Gasteiger partial charge in [-0.2, -0.15) is 0 Å². The van der Waals surface area contributed by atoms with E-state index in [1.165, 1.54) is 0 Å². The number of ether oxygens (including phenoxy) is 2. The minimum atomic E-state index is -1.11. The van der Waals surface area contributed by atoms with Gasteiger partial charge in [0.15, 0.2) is 6.29 Å². The van der Waals surface area contributed by atoms with E-state index in [1.807, 2.05) is 6.07 Å². The maximum atomic E-state index is 11.0. The summed E-state index contributed by atoms with van der Waals surface area (Å²) in [6.07, 6.45) is -0.390. The second kappa shape index (κ2) is 6.83. The van der Waals surface area contributed by atoms with Crippen molar-refractivity contribution in [2.45, 2.75) is 25.9 Å². The van der Waals surface area contributed by atoms with E-state index < -0.39 is 18.5 Å². The van der Waals surface area contributed by atoms with Gasteiger partial charge in [-0.1, -0.05) is 43.8 Å². The summed E-state index contributed by atoms with van der Waals surface area (Å²) in [5.74, 6) is -0.572. The fraction of sp³-hybridized carbons (Fsp3) is 0.308. The van der Waals surface area contributed by atoms with Crippen molar-refractivity contribution in [2.75, 3.05) is 0 Å². The van der Waals surface area contributed by atoms with Crippen LogP contribution >= 0.6 is 0 Å². The first-order valence-electron chi connectivity index (χ1n) is 5.39. The molecule has 1 aromatic rings. The van der Waals surface area contributed by atoms with Crippen LogP contribution in [0.25, 0.3) is 0 Å². The summed E-state index contributed by atoms with van der Waals surface area (Å²) in [5.41, 5.74) is 0.612. The molecule has 0 spiro atoms. The third kappa shape index (κ3) is 4.38. The predicted octanol–water partition coefficient (Wildman–Crippen LogP) is 2.16. The number of carbonyl (C=O) groups is 1. The summed E-state index contributed by atoms with van der Waals surface area (Å²) in [5, 5.41) is 9.77. The molecule has 1 rings (SSSR count). The summed E-state index contributed by atoms with van der Waals surface area (Å²) in [4.78, 5) is 11.0. The van der Waals surface area contributed by atoms with Crippen LogP contribution in [0, 0.1) is 0 Å². The Morgan fingerprint density at radius 1 is 1.47 bits per heavy atom. The van der Waals surface area contributed by atoms with Crippen LogP contribution in [0.2, 0.25) is 0 Å². The van der Waals surface area contributed by atoms with Crippen LogP contribution in [0.15, 0.2) is 43.0 Å². The SMILES string of the molecule is C=CC(=O)OC(CC)OC(O)c1ccccc1. The van der Waals surface area contributed by atoms with Crippen LogP contribution in [-0.4, -0.2) is 17.4 Å². The zero-order valence-corrected chi connectivity index (χ0v) is 9.70. The van der Waals surface area contributed by atoms with Crippen molar-refractivity contribution in [3.63, 3.8) is 0 Å². The Balaban J connectivity index is 2.56. The summed E-state index contributed by atoms with van der Waals surface area (Å²) in [6.45, 7) is 5.08. The highest BCUT2D eigenvalue weighted by molar-refractivity contribution is 5.81. The van der Waals surface area contributed by atoms with Crippen LogP contribution < -0.4 is 0 Å². The summed E-state index contributed by atoms with van der Waals surface area (Å²) >= 11 is 0. The zero-order valence-electron chi connectivity index (χ0n) is 9.70. The third-order valence-electron chi connectivity index (χ3n) is 2.11. The van der Waals surface area contributed by atoms with E-state index in [1.54, 1.807) is 31.2 Å². The maximum Gasteiger partial charge on any atom is 0.332 e. The van der Waals surface area contributed by atoms with E-state index in [-0.39, 0.29) is 0 Å². The molecule has 17 heavy (non-hydrogen) atoms. The lowest BCUT2D eigenvalue weighted by Gasteiger charge is -2.20. The van der Waals surface area contributed by atoms with Crippen molar-refractivity contribution >= 4 is 5.97 Å². The summed E-state index contributed by atoms with van der Waals surface area (Å²) in [6, 6.07) is 8.88. The van der Waals surface area contributed by atoms with Gasteiger partial charge < -0.3 is 14.6 Å². The van der Waals surface area contributed by atoms with Gasteiger partial charge in [0, 0.05) is 18.1 Å². The van der Waals surface area contributed by atoms with Crippen molar-refractivity contribution in [1.82, 2.24) is 0 Å². The van der Waals surface area contributed by atoms with Crippen molar-refractivity contribution in [2.24, 2.45) is 0 Å². The average molecular weight is 236 g/mol. The summed E-state index contributed by atoms with van der Waals surface area (Å²) in [7, 11) is 0. The van der Waals surface area contributed by atoms with Crippen LogP contribution in [-0.2, 0) is 14.3 Å². The predicted molar refractivity (Wildman–Crippen MR) is 62.9 cm³/mol. The summed E-state index contributed by atoms with van der Waals surface area (Å²) < 4.78 is 10.1. The fourth-order valence-electron chi connectivity index (χ4n) is 1.23. The van der Waals surface area contributed by atoms with Crippen LogP contribution in [0.3, 0.4) is 0 Å². The Morgan fingerprint density at radius 3 is 2.65 bits per heavy atom. The van der Waals surface area contributed by atoms with E-state index in [9.17, 15) is 9.90 Å². The molecule has 0 fully saturated rings. The average Bonchev–Trinajstić information content (AvgIpc) is 2.38. The van der Waals surface area contributed by atoms with Crippen molar-refractivity contribution in [1.29, 1.82) is 0 Å². The van der Waals surface area contributed by atoms with Gasteiger partial charge in [-0.05, 0) is 0 Å². The Hall–Kier alpha value is -1.65. The zero-order chi connectivity index (χ0) is 12.7. The van der Waals surface area contributed by atoms with Gasteiger partial charge in [-0.25, -0.2) is 4.79 Å². The van der Waals surface area contributed by atoms with Gasteiger partial charge in [0.05, 0.1) is 0 Å². The van der Waals surface area contributed by atoms with Crippen molar-refractivity contribution in [3.8, 4) is 0 Å². The highest BCUT2D eigenvalue weighted by Gasteiger charge is 2.16. The minimum Gasteiger partial charge on any atom is -0.433 e.